The second kappa shape index (κ2) is 10.8. The van der Waals surface area contributed by atoms with E-state index in [0.29, 0.717) is 10.8 Å². The second-order valence-corrected chi connectivity index (χ2v) is 7.51. The number of halogens is 2. The maximum absolute atomic E-state index is 12.1. The smallest absolute Gasteiger partial charge is 0.276 e. The van der Waals surface area contributed by atoms with Crippen molar-refractivity contribution >= 4 is 69.2 Å². The van der Waals surface area contributed by atoms with Gasteiger partial charge in [0.1, 0.15) is 5.75 Å². The molecule has 0 spiro atoms. The van der Waals surface area contributed by atoms with Crippen LogP contribution in [-0.4, -0.2) is 23.5 Å². The van der Waals surface area contributed by atoms with E-state index in [4.69, 9.17) is 40.2 Å². The van der Waals surface area contributed by atoms with Crippen LogP contribution in [0, 0.1) is 0 Å². The van der Waals surface area contributed by atoms with Gasteiger partial charge < -0.3 is 4.74 Å². The Morgan fingerprint density at radius 1 is 1.00 bits per heavy atom. The fourth-order valence-electron chi connectivity index (χ4n) is 2.64. The zero-order chi connectivity index (χ0) is 22.2. The Balaban J connectivity index is 1.45. The van der Waals surface area contributed by atoms with Crippen molar-refractivity contribution in [1.82, 2.24) is 16.2 Å². The summed E-state index contributed by atoms with van der Waals surface area (Å²) in [6.45, 7) is -0.314. The average Bonchev–Trinajstić information content (AvgIpc) is 2.75. The monoisotopic (exact) mass is 473 g/mol. The van der Waals surface area contributed by atoms with Gasteiger partial charge in [0.15, 0.2) is 11.7 Å². The third-order valence-electron chi connectivity index (χ3n) is 4.04. The van der Waals surface area contributed by atoms with Gasteiger partial charge >= 0.3 is 0 Å². The number of rotatable bonds is 5. The van der Waals surface area contributed by atoms with Gasteiger partial charge in [0.25, 0.3) is 5.91 Å². The number of fused-ring (bicyclic) bond motifs is 1. The van der Waals surface area contributed by atoms with Crippen LogP contribution in [0.15, 0.2) is 66.7 Å². The normalized spacial score (nSPS) is 10.6. The number of hydrogen-bond acceptors (Lipinski definition) is 4. The van der Waals surface area contributed by atoms with Crippen LogP contribution >= 0.6 is 35.4 Å². The van der Waals surface area contributed by atoms with Gasteiger partial charge in [-0.15, -0.1) is 0 Å². The quantitative estimate of drug-likeness (QED) is 0.293. The lowest BCUT2D eigenvalue weighted by Gasteiger charge is -2.11. The van der Waals surface area contributed by atoms with Gasteiger partial charge in [0.2, 0.25) is 5.91 Å². The van der Waals surface area contributed by atoms with E-state index >= 15 is 0 Å². The van der Waals surface area contributed by atoms with Gasteiger partial charge in [-0.3, -0.25) is 25.8 Å². The lowest BCUT2D eigenvalue weighted by Crippen LogP contribution is -2.49. The topological polar surface area (TPSA) is 79.5 Å². The Hall–Kier alpha value is -3.13. The van der Waals surface area contributed by atoms with E-state index in [2.05, 4.69) is 16.2 Å². The molecule has 0 aromatic heterocycles. The van der Waals surface area contributed by atoms with Crippen LogP contribution in [0.4, 0.5) is 0 Å². The molecule has 2 amide bonds. The van der Waals surface area contributed by atoms with Crippen molar-refractivity contribution in [3.8, 4) is 5.75 Å². The lowest BCUT2D eigenvalue weighted by molar-refractivity contribution is -0.123. The van der Waals surface area contributed by atoms with Crippen LogP contribution in [0.2, 0.25) is 10.0 Å². The van der Waals surface area contributed by atoms with Gasteiger partial charge in [0, 0.05) is 11.1 Å². The molecule has 6 nitrogen and oxygen atoms in total. The number of thiocarbonyl (C=S) groups is 1. The molecule has 0 fully saturated rings. The molecule has 0 aliphatic rings. The molecule has 3 rings (SSSR count). The zero-order valence-corrected chi connectivity index (χ0v) is 18.4. The second-order valence-electron chi connectivity index (χ2n) is 6.26. The molecule has 0 radical (unpaired) electrons. The summed E-state index contributed by atoms with van der Waals surface area (Å²) in [7, 11) is 0. The van der Waals surface area contributed by atoms with Crippen LogP contribution in [0.3, 0.4) is 0 Å². The van der Waals surface area contributed by atoms with Gasteiger partial charge in [0.05, 0.1) is 5.02 Å². The maximum Gasteiger partial charge on any atom is 0.276 e. The number of carbonyl (C=O) groups excluding carboxylic acids is 2. The third-order valence-corrected chi connectivity index (χ3v) is 4.78. The number of nitrogens with one attached hydrogen (secondary N) is 3. The SMILES string of the molecule is O=C(/C=C/c1cccc2ccccc12)NC(=S)NNC(=O)COc1ccc(Cl)cc1Cl. The van der Waals surface area contributed by atoms with Crippen molar-refractivity contribution in [2.75, 3.05) is 6.61 Å². The third kappa shape index (κ3) is 6.68. The molecule has 158 valence electrons. The first-order chi connectivity index (χ1) is 14.9. The Bertz CT molecular complexity index is 1160. The van der Waals surface area contributed by atoms with Crippen LogP contribution < -0.4 is 20.9 Å². The standard InChI is InChI=1S/C22H17Cl2N3O3S/c23-16-9-10-19(18(24)12-16)30-13-21(29)26-27-22(31)25-20(28)11-8-15-6-3-5-14-4-1-2-7-17(14)15/h1-12H,13H2,(H,26,29)(H2,25,27,28,31)/b11-8+. The van der Waals surface area contributed by atoms with Crippen molar-refractivity contribution < 1.29 is 14.3 Å². The van der Waals surface area contributed by atoms with Gasteiger partial charge in [-0.05, 0) is 52.8 Å². The van der Waals surface area contributed by atoms with Crippen LogP contribution in [0.1, 0.15) is 5.56 Å². The highest BCUT2D eigenvalue weighted by molar-refractivity contribution is 7.80. The molecule has 0 unspecified atom stereocenters. The molecule has 3 aromatic carbocycles. The van der Waals surface area contributed by atoms with E-state index < -0.39 is 11.8 Å². The molecule has 0 saturated carbocycles. The summed E-state index contributed by atoms with van der Waals surface area (Å²) in [6.07, 6.45) is 3.06. The number of benzene rings is 3. The number of ether oxygens (including phenoxy) is 1. The molecule has 0 aliphatic heterocycles. The molecule has 3 aromatic rings. The molecule has 0 heterocycles. The van der Waals surface area contributed by atoms with Crippen LogP contribution in [0.25, 0.3) is 16.8 Å². The highest BCUT2D eigenvalue weighted by Gasteiger charge is 2.08. The average molecular weight is 474 g/mol. The van der Waals surface area contributed by atoms with Crippen molar-refractivity contribution in [3.05, 3.63) is 82.3 Å². The Morgan fingerprint density at radius 3 is 2.58 bits per heavy atom. The van der Waals surface area contributed by atoms with E-state index in [1.807, 2.05) is 42.5 Å². The minimum absolute atomic E-state index is 0.0644. The molecule has 0 saturated heterocycles. The summed E-state index contributed by atoms with van der Waals surface area (Å²) < 4.78 is 5.31. The van der Waals surface area contributed by atoms with E-state index in [1.165, 1.54) is 12.1 Å². The van der Waals surface area contributed by atoms with E-state index in [-0.39, 0.29) is 16.7 Å². The highest BCUT2D eigenvalue weighted by atomic mass is 35.5. The first-order valence-corrected chi connectivity index (χ1v) is 10.2. The molecule has 31 heavy (non-hydrogen) atoms. The molecule has 0 bridgehead atoms. The van der Waals surface area contributed by atoms with Gasteiger partial charge in [-0.2, -0.15) is 0 Å². The Labute approximate surface area is 194 Å². The number of carbonyl (C=O) groups is 2. The Morgan fingerprint density at radius 2 is 1.77 bits per heavy atom. The minimum Gasteiger partial charge on any atom is -0.482 e. The molecular weight excluding hydrogens is 457 g/mol. The Kier molecular flexibility index (Phi) is 7.83. The van der Waals surface area contributed by atoms with Crippen LogP contribution in [-0.2, 0) is 9.59 Å². The number of hydrogen-bond donors (Lipinski definition) is 3. The van der Waals surface area contributed by atoms with Crippen molar-refractivity contribution in [3.63, 3.8) is 0 Å². The molecule has 0 aliphatic carbocycles. The number of hydrazine groups is 1. The summed E-state index contributed by atoms with van der Waals surface area (Å²) in [5, 5.41) is 5.23. The molecule has 0 atom stereocenters. The van der Waals surface area contributed by atoms with E-state index in [0.717, 1.165) is 16.3 Å². The summed E-state index contributed by atoms with van der Waals surface area (Å²) >= 11 is 16.8. The molecular formula is C22H17Cl2N3O3S. The fraction of sp³-hybridized carbons (Fsp3) is 0.0455. The van der Waals surface area contributed by atoms with Gasteiger partial charge in [-0.1, -0.05) is 65.7 Å². The van der Waals surface area contributed by atoms with Crippen LogP contribution in [0.5, 0.6) is 5.75 Å². The predicted molar refractivity (Wildman–Crippen MR) is 127 cm³/mol. The summed E-state index contributed by atoms with van der Waals surface area (Å²) in [5.74, 6) is -0.645. The zero-order valence-electron chi connectivity index (χ0n) is 16.0. The van der Waals surface area contributed by atoms with Crippen molar-refractivity contribution in [2.24, 2.45) is 0 Å². The lowest BCUT2D eigenvalue weighted by atomic mass is 10.0. The highest BCUT2D eigenvalue weighted by Crippen LogP contribution is 2.27. The minimum atomic E-state index is -0.520. The fourth-order valence-corrected chi connectivity index (χ4v) is 3.26. The van der Waals surface area contributed by atoms with Crippen molar-refractivity contribution in [1.29, 1.82) is 0 Å². The summed E-state index contributed by atoms with van der Waals surface area (Å²) in [5.41, 5.74) is 5.66. The maximum atomic E-state index is 12.1. The predicted octanol–water partition coefficient (Wildman–Crippen LogP) is 4.26. The van der Waals surface area contributed by atoms with Gasteiger partial charge in [-0.25, -0.2) is 0 Å². The summed E-state index contributed by atoms with van der Waals surface area (Å²) in [6, 6.07) is 18.4. The molecule has 3 N–H and O–H groups in total. The summed E-state index contributed by atoms with van der Waals surface area (Å²) in [4.78, 5) is 24.0. The van der Waals surface area contributed by atoms with E-state index in [1.54, 1.807) is 18.2 Å². The first-order valence-electron chi connectivity index (χ1n) is 9.06. The largest absolute Gasteiger partial charge is 0.482 e. The first kappa shape index (κ1) is 22.6. The number of amides is 2. The molecule has 9 heteroatoms. The van der Waals surface area contributed by atoms with Crippen molar-refractivity contribution in [2.45, 2.75) is 0 Å². The van der Waals surface area contributed by atoms with E-state index in [9.17, 15) is 9.59 Å².